The van der Waals surface area contributed by atoms with Crippen LogP contribution in [0.5, 0.6) is 5.75 Å². The fraction of sp³-hybridized carbons (Fsp3) is 0.371. The standard InChI is InChI=1S/C35H39F3O2/c1-3-5-6-22-40-33-21-19-29(23-31(33)36)25-11-8-24(9-12-25)10-13-28-18-20-30(35(38)34(28)37)26-14-16-27(17-15-26)32(39)7-4-2/h3,11,14-21,23-24,32,39H,1,4-10,12-13,22H2,2H3. The molecule has 0 heterocycles. The Hall–Kier alpha value is -3.31. The molecule has 0 saturated heterocycles. The molecule has 0 fully saturated rings. The number of halogens is 3. The van der Waals surface area contributed by atoms with Gasteiger partial charge >= 0.3 is 0 Å². The molecular formula is C35H39F3O2. The molecule has 2 nitrogen and oxygen atoms in total. The summed E-state index contributed by atoms with van der Waals surface area (Å²) in [4.78, 5) is 0. The van der Waals surface area contributed by atoms with Gasteiger partial charge in [-0.3, -0.25) is 0 Å². The topological polar surface area (TPSA) is 29.5 Å². The van der Waals surface area contributed by atoms with Crippen LogP contribution in [0.25, 0.3) is 16.7 Å². The van der Waals surface area contributed by atoms with Gasteiger partial charge in [0.05, 0.1) is 12.7 Å². The van der Waals surface area contributed by atoms with E-state index in [4.69, 9.17) is 4.74 Å². The SMILES string of the molecule is C=CCCCOc1ccc(C2=CCC(CCc3ccc(-c4ccc(C(O)CCC)cc4)c(F)c3F)CC2)cc1F. The van der Waals surface area contributed by atoms with Crippen molar-refractivity contribution in [1.82, 2.24) is 0 Å². The van der Waals surface area contributed by atoms with Gasteiger partial charge in [-0.2, -0.15) is 0 Å². The molecule has 40 heavy (non-hydrogen) atoms. The van der Waals surface area contributed by atoms with E-state index in [2.05, 4.69) is 12.7 Å². The third-order valence-corrected chi connectivity index (χ3v) is 7.79. The molecule has 0 spiro atoms. The number of allylic oxidation sites excluding steroid dienone is 3. The van der Waals surface area contributed by atoms with Gasteiger partial charge in [0.2, 0.25) is 0 Å². The van der Waals surface area contributed by atoms with Crippen molar-refractivity contribution in [3.05, 3.63) is 107 Å². The van der Waals surface area contributed by atoms with E-state index >= 15 is 8.78 Å². The smallest absolute Gasteiger partial charge is 0.166 e. The summed E-state index contributed by atoms with van der Waals surface area (Å²) in [6.45, 7) is 6.14. The molecule has 3 aromatic rings. The molecule has 2 atom stereocenters. The number of benzene rings is 3. The largest absolute Gasteiger partial charge is 0.491 e. The molecule has 212 valence electrons. The predicted molar refractivity (Wildman–Crippen MR) is 157 cm³/mol. The summed E-state index contributed by atoms with van der Waals surface area (Å²) in [5.74, 6) is -1.34. The summed E-state index contributed by atoms with van der Waals surface area (Å²) in [7, 11) is 0. The Morgan fingerprint density at radius 2 is 1.80 bits per heavy atom. The third kappa shape index (κ3) is 7.45. The Morgan fingerprint density at radius 3 is 2.48 bits per heavy atom. The van der Waals surface area contributed by atoms with Crippen LogP contribution < -0.4 is 4.74 Å². The van der Waals surface area contributed by atoms with E-state index in [-0.39, 0.29) is 17.1 Å². The van der Waals surface area contributed by atoms with Crippen molar-refractivity contribution in [3.8, 4) is 16.9 Å². The van der Waals surface area contributed by atoms with Crippen molar-refractivity contribution in [3.63, 3.8) is 0 Å². The quantitative estimate of drug-likeness (QED) is 0.170. The zero-order valence-electron chi connectivity index (χ0n) is 23.3. The molecule has 5 heteroatoms. The van der Waals surface area contributed by atoms with Crippen LogP contribution in [0.15, 0.2) is 73.3 Å². The van der Waals surface area contributed by atoms with Crippen LogP contribution >= 0.6 is 0 Å². The van der Waals surface area contributed by atoms with Crippen LogP contribution in [-0.4, -0.2) is 11.7 Å². The van der Waals surface area contributed by atoms with Crippen LogP contribution in [0.2, 0.25) is 0 Å². The summed E-state index contributed by atoms with van der Waals surface area (Å²) in [6, 6.07) is 15.5. The normalized spacial score (nSPS) is 15.9. The molecule has 4 rings (SSSR count). The van der Waals surface area contributed by atoms with Gasteiger partial charge in [0.1, 0.15) is 0 Å². The number of rotatable bonds is 13. The van der Waals surface area contributed by atoms with Gasteiger partial charge in [-0.05, 0) is 97.2 Å². The van der Waals surface area contributed by atoms with Gasteiger partial charge in [-0.25, -0.2) is 13.2 Å². The van der Waals surface area contributed by atoms with E-state index in [0.29, 0.717) is 36.5 Å². The zero-order valence-corrected chi connectivity index (χ0v) is 23.3. The van der Waals surface area contributed by atoms with E-state index in [9.17, 15) is 9.50 Å². The minimum absolute atomic E-state index is 0.225. The van der Waals surface area contributed by atoms with E-state index < -0.39 is 17.7 Å². The van der Waals surface area contributed by atoms with E-state index in [1.807, 2.05) is 19.1 Å². The fourth-order valence-corrected chi connectivity index (χ4v) is 5.33. The number of aryl methyl sites for hydroxylation is 1. The maximum absolute atomic E-state index is 15.0. The highest BCUT2D eigenvalue weighted by atomic mass is 19.2. The lowest BCUT2D eigenvalue weighted by Gasteiger charge is -2.22. The first kappa shape index (κ1) is 29.7. The molecule has 3 aromatic carbocycles. The summed E-state index contributed by atoms with van der Waals surface area (Å²) in [6.07, 6.45) is 10.4. The molecule has 1 aliphatic carbocycles. The molecular weight excluding hydrogens is 509 g/mol. The first-order chi connectivity index (χ1) is 19.4. The summed E-state index contributed by atoms with van der Waals surface area (Å²) >= 11 is 0. The third-order valence-electron chi connectivity index (χ3n) is 7.79. The van der Waals surface area contributed by atoms with Gasteiger partial charge in [0, 0.05) is 5.56 Å². The van der Waals surface area contributed by atoms with Crippen molar-refractivity contribution in [2.24, 2.45) is 5.92 Å². The summed E-state index contributed by atoms with van der Waals surface area (Å²) in [5.41, 5.74) is 3.96. The minimum atomic E-state index is -0.833. The van der Waals surface area contributed by atoms with E-state index in [1.165, 1.54) is 6.07 Å². The van der Waals surface area contributed by atoms with Crippen LogP contribution in [0, 0.1) is 23.4 Å². The van der Waals surface area contributed by atoms with E-state index in [0.717, 1.165) is 61.6 Å². The van der Waals surface area contributed by atoms with Gasteiger partial charge in [0.25, 0.3) is 0 Å². The molecule has 1 aliphatic rings. The Morgan fingerprint density at radius 1 is 1.02 bits per heavy atom. The number of hydrogen-bond acceptors (Lipinski definition) is 2. The second kappa shape index (κ2) is 14.4. The number of aliphatic hydroxyl groups is 1. The number of unbranched alkanes of at least 4 members (excludes halogenated alkanes) is 1. The van der Waals surface area contributed by atoms with Crippen molar-refractivity contribution >= 4 is 5.57 Å². The predicted octanol–water partition coefficient (Wildman–Crippen LogP) is 9.77. The van der Waals surface area contributed by atoms with Crippen LogP contribution in [0.3, 0.4) is 0 Å². The molecule has 1 N–H and O–H groups in total. The minimum Gasteiger partial charge on any atom is -0.491 e. The maximum Gasteiger partial charge on any atom is 0.166 e. The summed E-state index contributed by atoms with van der Waals surface area (Å²) < 4.78 is 50.1. The van der Waals surface area contributed by atoms with E-state index in [1.54, 1.807) is 42.5 Å². The Balaban J connectivity index is 1.33. The van der Waals surface area contributed by atoms with Crippen LogP contribution in [-0.2, 0) is 6.42 Å². The molecule has 0 saturated carbocycles. The molecule has 0 bridgehead atoms. The number of hydrogen-bond donors (Lipinski definition) is 1. The highest BCUT2D eigenvalue weighted by Gasteiger charge is 2.20. The Kier molecular flexibility index (Phi) is 10.7. The van der Waals surface area contributed by atoms with Crippen LogP contribution in [0.4, 0.5) is 13.2 Å². The van der Waals surface area contributed by atoms with Gasteiger partial charge in [-0.1, -0.05) is 68.0 Å². The van der Waals surface area contributed by atoms with Crippen molar-refractivity contribution < 1.29 is 23.0 Å². The average molecular weight is 549 g/mol. The van der Waals surface area contributed by atoms with Gasteiger partial charge < -0.3 is 9.84 Å². The van der Waals surface area contributed by atoms with Crippen molar-refractivity contribution in [2.75, 3.05) is 6.61 Å². The lowest BCUT2D eigenvalue weighted by Crippen LogP contribution is -2.08. The van der Waals surface area contributed by atoms with Crippen molar-refractivity contribution in [2.45, 2.75) is 70.8 Å². The zero-order chi connectivity index (χ0) is 28.5. The van der Waals surface area contributed by atoms with Gasteiger partial charge in [-0.15, -0.1) is 6.58 Å². The molecule has 0 aliphatic heterocycles. The second-order valence-electron chi connectivity index (χ2n) is 10.7. The maximum atomic E-state index is 15.0. The first-order valence-electron chi connectivity index (χ1n) is 14.4. The second-order valence-corrected chi connectivity index (χ2v) is 10.7. The van der Waals surface area contributed by atoms with Gasteiger partial charge in [0.15, 0.2) is 23.2 Å². The highest BCUT2D eigenvalue weighted by Crippen LogP contribution is 2.35. The van der Waals surface area contributed by atoms with Crippen LogP contribution in [0.1, 0.15) is 81.1 Å². The lowest BCUT2D eigenvalue weighted by molar-refractivity contribution is 0.166. The monoisotopic (exact) mass is 548 g/mol. The lowest BCUT2D eigenvalue weighted by atomic mass is 9.83. The highest BCUT2D eigenvalue weighted by molar-refractivity contribution is 5.67. The molecule has 2 unspecified atom stereocenters. The Labute approximate surface area is 236 Å². The molecule has 0 amide bonds. The fourth-order valence-electron chi connectivity index (χ4n) is 5.33. The average Bonchev–Trinajstić information content (AvgIpc) is 2.97. The molecule has 0 aromatic heterocycles. The molecule has 0 radical (unpaired) electrons. The first-order valence-corrected chi connectivity index (χ1v) is 14.4. The Bertz CT molecular complexity index is 1310. The summed E-state index contributed by atoms with van der Waals surface area (Å²) in [5, 5.41) is 10.2. The van der Waals surface area contributed by atoms with Crippen molar-refractivity contribution in [1.29, 1.82) is 0 Å². The number of aliphatic hydroxyl groups excluding tert-OH is 1. The number of ether oxygens (including phenoxy) is 1.